The highest BCUT2D eigenvalue weighted by Crippen LogP contribution is 2.39. The Labute approximate surface area is 111 Å². The van der Waals surface area contributed by atoms with E-state index < -0.39 is 0 Å². The zero-order valence-electron chi connectivity index (χ0n) is 10.3. The molecule has 1 aliphatic carbocycles. The highest BCUT2D eigenvalue weighted by molar-refractivity contribution is 7.98. The third kappa shape index (κ3) is 2.36. The van der Waals surface area contributed by atoms with Crippen molar-refractivity contribution in [2.24, 2.45) is 0 Å². The van der Waals surface area contributed by atoms with Gasteiger partial charge in [-0.1, -0.05) is 41.6 Å². The molecule has 1 fully saturated rings. The lowest BCUT2D eigenvalue weighted by Gasteiger charge is -2.03. The first-order chi connectivity index (χ1) is 8.74. The molecule has 0 saturated heterocycles. The number of rotatable bonds is 4. The van der Waals surface area contributed by atoms with Crippen LogP contribution in [0.4, 0.5) is 0 Å². The summed E-state index contributed by atoms with van der Waals surface area (Å²) in [6.07, 6.45) is 2.38. The average molecular weight is 260 g/mol. The van der Waals surface area contributed by atoms with Crippen molar-refractivity contribution in [3.63, 3.8) is 0 Å². The van der Waals surface area contributed by atoms with Gasteiger partial charge in [-0.15, -0.1) is 10.2 Å². The maximum absolute atomic E-state index is 6.01. The number of nitrogens with two attached hydrogens (primary N) is 1. The van der Waals surface area contributed by atoms with Gasteiger partial charge < -0.3 is 5.84 Å². The van der Waals surface area contributed by atoms with Gasteiger partial charge in [0.2, 0.25) is 5.16 Å². The summed E-state index contributed by atoms with van der Waals surface area (Å²) in [4.78, 5) is 0. The predicted molar refractivity (Wildman–Crippen MR) is 72.9 cm³/mol. The average Bonchev–Trinajstić information content (AvgIpc) is 3.12. The predicted octanol–water partition coefficient (Wildman–Crippen LogP) is 2.47. The van der Waals surface area contributed by atoms with Gasteiger partial charge in [0.15, 0.2) is 5.82 Å². The van der Waals surface area contributed by atoms with Crippen molar-refractivity contribution in [3.05, 3.63) is 41.2 Å². The molecule has 2 N–H and O–H groups in total. The highest BCUT2D eigenvalue weighted by Gasteiger charge is 2.29. The number of benzene rings is 1. The van der Waals surface area contributed by atoms with Crippen molar-refractivity contribution >= 4 is 11.8 Å². The molecule has 0 aliphatic heterocycles. The fourth-order valence-electron chi connectivity index (χ4n) is 1.96. The van der Waals surface area contributed by atoms with Crippen LogP contribution in [-0.4, -0.2) is 14.9 Å². The van der Waals surface area contributed by atoms with E-state index in [-0.39, 0.29) is 0 Å². The second kappa shape index (κ2) is 4.65. The van der Waals surface area contributed by atoms with Crippen LogP contribution < -0.4 is 5.84 Å². The van der Waals surface area contributed by atoms with E-state index in [9.17, 15) is 0 Å². The second-order valence-corrected chi connectivity index (χ2v) is 5.71. The molecule has 1 aliphatic rings. The van der Waals surface area contributed by atoms with Crippen LogP contribution in [0.15, 0.2) is 29.4 Å². The Morgan fingerprint density at radius 3 is 2.94 bits per heavy atom. The summed E-state index contributed by atoms with van der Waals surface area (Å²) in [5.41, 5.74) is 2.57. The first kappa shape index (κ1) is 11.6. The fourth-order valence-corrected chi connectivity index (χ4v) is 2.76. The molecule has 4 nitrogen and oxygen atoms in total. The summed E-state index contributed by atoms with van der Waals surface area (Å²) < 4.78 is 1.65. The van der Waals surface area contributed by atoms with Crippen LogP contribution in [-0.2, 0) is 5.75 Å². The lowest BCUT2D eigenvalue weighted by molar-refractivity contribution is 0.790. The molecule has 94 valence electrons. The minimum atomic E-state index is 0.538. The van der Waals surface area contributed by atoms with Gasteiger partial charge in [0, 0.05) is 11.7 Å². The Bertz CT molecular complexity index is 560. The third-order valence-corrected chi connectivity index (χ3v) is 4.10. The van der Waals surface area contributed by atoms with E-state index in [4.69, 9.17) is 5.84 Å². The number of hydrogen-bond donors (Lipinski definition) is 1. The van der Waals surface area contributed by atoms with Crippen LogP contribution in [0.3, 0.4) is 0 Å². The largest absolute Gasteiger partial charge is 0.336 e. The molecule has 0 spiro atoms. The molecule has 1 aromatic heterocycles. The number of hydrogen-bond acceptors (Lipinski definition) is 4. The number of nitrogens with zero attached hydrogens (tertiary/aromatic N) is 3. The lowest BCUT2D eigenvalue weighted by atomic mass is 10.2. The van der Waals surface area contributed by atoms with Crippen LogP contribution in [0, 0.1) is 6.92 Å². The summed E-state index contributed by atoms with van der Waals surface area (Å²) in [6, 6.07) is 8.49. The highest BCUT2D eigenvalue weighted by atomic mass is 32.2. The monoisotopic (exact) mass is 260 g/mol. The zero-order chi connectivity index (χ0) is 12.5. The zero-order valence-corrected chi connectivity index (χ0v) is 11.2. The summed E-state index contributed by atoms with van der Waals surface area (Å²) >= 11 is 1.64. The van der Waals surface area contributed by atoms with E-state index in [0.717, 1.165) is 16.7 Å². The van der Waals surface area contributed by atoms with Gasteiger partial charge in [-0.25, -0.2) is 4.68 Å². The molecule has 3 rings (SSSR count). The molecular weight excluding hydrogens is 244 g/mol. The van der Waals surface area contributed by atoms with Gasteiger partial charge in [0.25, 0.3) is 0 Å². The van der Waals surface area contributed by atoms with Gasteiger partial charge in [0.1, 0.15) is 0 Å². The van der Waals surface area contributed by atoms with Crippen LogP contribution in [0.5, 0.6) is 0 Å². The van der Waals surface area contributed by atoms with Crippen molar-refractivity contribution in [2.45, 2.75) is 36.6 Å². The Balaban J connectivity index is 1.69. The van der Waals surface area contributed by atoms with E-state index in [1.54, 1.807) is 16.4 Å². The number of nitrogen functional groups attached to an aromatic ring is 1. The van der Waals surface area contributed by atoms with Crippen LogP contribution in [0.2, 0.25) is 0 Å². The van der Waals surface area contributed by atoms with Gasteiger partial charge in [-0.3, -0.25) is 0 Å². The Morgan fingerprint density at radius 2 is 2.22 bits per heavy atom. The summed E-state index contributed by atoms with van der Waals surface area (Å²) in [5.74, 6) is 8.36. The summed E-state index contributed by atoms with van der Waals surface area (Å²) in [6.45, 7) is 2.10. The fraction of sp³-hybridized carbons (Fsp3) is 0.385. The van der Waals surface area contributed by atoms with E-state index >= 15 is 0 Å². The molecular formula is C13H16N4S. The SMILES string of the molecule is Cc1cccc(CSc2nnc(C3CC3)n2N)c1. The van der Waals surface area contributed by atoms with Crippen molar-refractivity contribution < 1.29 is 0 Å². The second-order valence-electron chi connectivity index (χ2n) is 4.76. The number of aryl methyl sites for hydroxylation is 1. The molecule has 0 radical (unpaired) electrons. The summed E-state index contributed by atoms with van der Waals surface area (Å²) in [7, 11) is 0. The molecule has 18 heavy (non-hydrogen) atoms. The van der Waals surface area contributed by atoms with Crippen molar-refractivity contribution in [1.82, 2.24) is 14.9 Å². The minimum absolute atomic E-state index is 0.538. The van der Waals surface area contributed by atoms with Crippen LogP contribution in [0.25, 0.3) is 0 Å². The molecule has 5 heteroatoms. The summed E-state index contributed by atoms with van der Waals surface area (Å²) in [5, 5.41) is 9.14. The third-order valence-electron chi connectivity index (χ3n) is 3.08. The maximum Gasteiger partial charge on any atom is 0.210 e. The van der Waals surface area contributed by atoms with Gasteiger partial charge in [-0.05, 0) is 25.3 Å². The minimum Gasteiger partial charge on any atom is -0.336 e. The molecule has 0 amide bonds. The molecule has 0 bridgehead atoms. The molecule has 1 heterocycles. The van der Waals surface area contributed by atoms with E-state index in [1.165, 1.54) is 24.0 Å². The molecule has 1 aromatic carbocycles. The van der Waals surface area contributed by atoms with E-state index in [2.05, 4.69) is 41.4 Å². The first-order valence-corrected chi connectivity index (χ1v) is 7.11. The molecule has 2 aromatic rings. The maximum atomic E-state index is 6.01. The van der Waals surface area contributed by atoms with E-state index in [1.807, 2.05) is 0 Å². The topological polar surface area (TPSA) is 56.7 Å². The van der Waals surface area contributed by atoms with Gasteiger partial charge in [0.05, 0.1) is 0 Å². The van der Waals surface area contributed by atoms with Crippen molar-refractivity contribution in [2.75, 3.05) is 5.84 Å². The standard InChI is InChI=1S/C13H16N4S/c1-9-3-2-4-10(7-9)8-18-13-16-15-12(17(13)14)11-5-6-11/h2-4,7,11H,5-6,8,14H2,1H3. The Morgan fingerprint density at radius 1 is 1.39 bits per heavy atom. The van der Waals surface area contributed by atoms with Crippen molar-refractivity contribution in [3.8, 4) is 0 Å². The smallest absolute Gasteiger partial charge is 0.210 e. The van der Waals surface area contributed by atoms with E-state index in [0.29, 0.717) is 5.92 Å². The normalized spacial score (nSPS) is 14.9. The van der Waals surface area contributed by atoms with Gasteiger partial charge in [-0.2, -0.15) is 0 Å². The van der Waals surface area contributed by atoms with Crippen LogP contribution >= 0.6 is 11.8 Å². The molecule has 1 saturated carbocycles. The van der Waals surface area contributed by atoms with Crippen LogP contribution in [0.1, 0.15) is 35.7 Å². The van der Waals surface area contributed by atoms with Crippen molar-refractivity contribution in [1.29, 1.82) is 0 Å². The Kier molecular flexibility index (Phi) is 2.99. The molecule has 0 atom stereocenters. The quantitative estimate of drug-likeness (QED) is 0.677. The lowest BCUT2D eigenvalue weighted by Crippen LogP contribution is -2.13. The van der Waals surface area contributed by atoms with Gasteiger partial charge >= 0.3 is 0 Å². The first-order valence-electron chi connectivity index (χ1n) is 6.13. The number of thioether (sulfide) groups is 1. The number of aromatic nitrogens is 3. The molecule has 0 unspecified atom stereocenters. The Hall–Kier alpha value is -1.49.